The van der Waals surface area contributed by atoms with Crippen molar-refractivity contribution in [1.29, 1.82) is 0 Å². The summed E-state index contributed by atoms with van der Waals surface area (Å²) in [4.78, 5) is 19.6. The van der Waals surface area contributed by atoms with E-state index >= 15 is 0 Å². The number of ether oxygens (including phenoxy) is 1. The van der Waals surface area contributed by atoms with Gasteiger partial charge in [0.1, 0.15) is 5.75 Å². The molecule has 0 bridgehead atoms. The predicted octanol–water partition coefficient (Wildman–Crippen LogP) is 1.30. The molecule has 1 amide bonds. The summed E-state index contributed by atoms with van der Waals surface area (Å²) in [5, 5.41) is 9.29. The summed E-state index contributed by atoms with van der Waals surface area (Å²) in [6.45, 7) is 6.29. The highest BCUT2D eigenvalue weighted by Crippen LogP contribution is 2.27. The van der Waals surface area contributed by atoms with Crippen molar-refractivity contribution in [2.24, 2.45) is 5.92 Å². The minimum absolute atomic E-state index is 0.0599. The second-order valence-electron chi connectivity index (χ2n) is 7.76. The number of piperidine rings is 1. The number of nitrogens with zero attached hydrogens (tertiary/aromatic N) is 3. The third-order valence-corrected chi connectivity index (χ3v) is 5.89. The van der Waals surface area contributed by atoms with E-state index in [2.05, 4.69) is 16.8 Å². The average molecular weight is 376 g/mol. The van der Waals surface area contributed by atoms with Crippen molar-refractivity contribution >= 4 is 5.91 Å². The molecule has 2 fully saturated rings. The molecule has 6 heteroatoms. The molecule has 150 valence electrons. The van der Waals surface area contributed by atoms with Crippen LogP contribution in [-0.4, -0.2) is 91.3 Å². The number of piperazine rings is 1. The van der Waals surface area contributed by atoms with Crippen LogP contribution in [0.2, 0.25) is 0 Å². The molecule has 2 saturated heterocycles. The summed E-state index contributed by atoms with van der Waals surface area (Å²) in [7, 11) is 2.18. The van der Waals surface area contributed by atoms with Gasteiger partial charge in [0.15, 0.2) is 6.61 Å². The molecule has 0 aromatic heterocycles. The number of para-hydroxylation sites is 1. The van der Waals surface area contributed by atoms with E-state index in [4.69, 9.17) is 4.74 Å². The lowest BCUT2D eigenvalue weighted by Gasteiger charge is -2.46. The molecular formula is C21H33N3O3. The van der Waals surface area contributed by atoms with E-state index < -0.39 is 0 Å². The number of rotatable bonds is 7. The van der Waals surface area contributed by atoms with E-state index in [9.17, 15) is 9.90 Å². The molecule has 2 unspecified atom stereocenters. The van der Waals surface area contributed by atoms with Crippen molar-refractivity contribution in [2.75, 3.05) is 59.5 Å². The van der Waals surface area contributed by atoms with Crippen LogP contribution in [0.3, 0.4) is 0 Å². The first-order chi connectivity index (χ1) is 13.2. The Bertz CT molecular complexity index is 575. The normalized spacial score (nSPS) is 24.7. The molecular weight excluding hydrogens is 342 g/mol. The summed E-state index contributed by atoms with van der Waals surface area (Å²) >= 11 is 0. The summed E-state index contributed by atoms with van der Waals surface area (Å²) in [6, 6.07) is 10.0. The van der Waals surface area contributed by atoms with Gasteiger partial charge in [0.05, 0.1) is 0 Å². The fraction of sp³-hybridized carbons (Fsp3) is 0.667. The Hall–Kier alpha value is -1.63. The lowest BCUT2D eigenvalue weighted by molar-refractivity contribution is -0.136. The maximum absolute atomic E-state index is 12.6. The highest BCUT2D eigenvalue weighted by atomic mass is 16.5. The van der Waals surface area contributed by atoms with E-state index in [-0.39, 0.29) is 19.1 Å². The Labute approximate surface area is 162 Å². The number of carbonyl (C=O) groups excluding carboxylic acids is 1. The standard InChI is InChI=1S/C21H33N3O3/c1-22-11-13-23(14-12-22)20-9-10-24(16-18(20)6-5-15-25)21(26)17-27-19-7-3-2-4-8-19/h2-4,7-8,18,20,25H,5-6,9-17H2,1H3. The van der Waals surface area contributed by atoms with Crippen LogP contribution in [-0.2, 0) is 4.79 Å². The van der Waals surface area contributed by atoms with Crippen LogP contribution in [0, 0.1) is 5.92 Å². The number of hydrogen-bond donors (Lipinski definition) is 1. The molecule has 2 atom stereocenters. The number of amides is 1. The molecule has 0 saturated carbocycles. The zero-order valence-corrected chi connectivity index (χ0v) is 16.4. The van der Waals surface area contributed by atoms with E-state index in [0.29, 0.717) is 12.0 Å². The highest BCUT2D eigenvalue weighted by molar-refractivity contribution is 5.77. The Balaban J connectivity index is 1.55. The number of aliphatic hydroxyl groups excluding tert-OH is 1. The smallest absolute Gasteiger partial charge is 0.260 e. The minimum Gasteiger partial charge on any atom is -0.484 e. The fourth-order valence-electron chi connectivity index (χ4n) is 4.27. The monoisotopic (exact) mass is 375 g/mol. The molecule has 0 spiro atoms. The molecule has 2 aliphatic rings. The van der Waals surface area contributed by atoms with Crippen LogP contribution in [0.1, 0.15) is 19.3 Å². The van der Waals surface area contributed by atoms with Crippen LogP contribution >= 0.6 is 0 Å². The summed E-state index contributed by atoms with van der Waals surface area (Å²) in [5.41, 5.74) is 0. The van der Waals surface area contributed by atoms with Crippen molar-refractivity contribution in [3.05, 3.63) is 30.3 Å². The van der Waals surface area contributed by atoms with Crippen molar-refractivity contribution in [2.45, 2.75) is 25.3 Å². The molecule has 2 aliphatic heterocycles. The van der Waals surface area contributed by atoms with Crippen LogP contribution in [0.25, 0.3) is 0 Å². The zero-order chi connectivity index (χ0) is 19.1. The molecule has 1 aromatic rings. The van der Waals surface area contributed by atoms with E-state index in [1.54, 1.807) is 0 Å². The van der Waals surface area contributed by atoms with Gasteiger partial charge in [-0.3, -0.25) is 9.69 Å². The van der Waals surface area contributed by atoms with Gasteiger partial charge >= 0.3 is 0 Å². The average Bonchev–Trinajstić information content (AvgIpc) is 2.71. The second-order valence-corrected chi connectivity index (χ2v) is 7.76. The quantitative estimate of drug-likeness (QED) is 0.779. The van der Waals surface area contributed by atoms with Gasteiger partial charge in [-0.15, -0.1) is 0 Å². The first-order valence-electron chi connectivity index (χ1n) is 10.2. The van der Waals surface area contributed by atoms with Gasteiger partial charge in [0, 0.05) is 51.9 Å². The number of hydrogen-bond acceptors (Lipinski definition) is 5. The largest absolute Gasteiger partial charge is 0.484 e. The first kappa shape index (κ1) is 20.1. The van der Waals surface area contributed by atoms with E-state index in [1.165, 1.54) is 0 Å². The van der Waals surface area contributed by atoms with Crippen molar-refractivity contribution < 1.29 is 14.6 Å². The fourth-order valence-corrected chi connectivity index (χ4v) is 4.27. The maximum Gasteiger partial charge on any atom is 0.260 e. The summed E-state index contributed by atoms with van der Waals surface area (Å²) < 4.78 is 5.65. The second kappa shape index (κ2) is 10.1. The molecule has 3 rings (SSSR count). The van der Waals surface area contributed by atoms with E-state index in [1.807, 2.05) is 35.2 Å². The Morgan fingerprint density at radius 1 is 1.15 bits per heavy atom. The molecule has 6 nitrogen and oxygen atoms in total. The van der Waals surface area contributed by atoms with Gasteiger partial charge in [-0.2, -0.15) is 0 Å². The van der Waals surface area contributed by atoms with E-state index in [0.717, 1.165) is 64.3 Å². The topological polar surface area (TPSA) is 56.2 Å². The highest BCUT2D eigenvalue weighted by Gasteiger charge is 2.35. The SMILES string of the molecule is CN1CCN(C2CCN(C(=O)COc3ccccc3)CC2CCCO)CC1. The maximum atomic E-state index is 12.6. The Kier molecular flexibility index (Phi) is 7.50. The van der Waals surface area contributed by atoms with Crippen LogP contribution < -0.4 is 4.74 Å². The van der Waals surface area contributed by atoms with Gasteiger partial charge in [-0.1, -0.05) is 18.2 Å². The number of likely N-dealkylation sites (tertiary alicyclic amines) is 1. The van der Waals surface area contributed by atoms with Gasteiger partial charge in [0.2, 0.25) is 0 Å². The molecule has 1 N–H and O–H groups in total. The number of benzene rings is 1. The molecule has 0 aliphatic carbocycles. The van der Waals surface area contributed by atoms with Crippen molar-refractivity contribution in [1.82, 2.24) is 14.7 Å². The van der Waals surface area contributed by atoms with Crippen molar-refractivity contribution in [3.63, 3.8) is 0 Å². The summed E-state index contributed by atoms with van der Waals surface area (Å²) in [5.74, 6) is 1.22. The predicted molar refractivity (Wildman–Crippen MR) is 106 cm³/mol. The first-order valence-corrected chi connectivity index (χ1v) is 10.2. The third-order valence-electron chi connectivity index (χ3n) is 5.89. The van der Waals surface area contributed by atoms with Crippen molar-refractivity contribution in [3.8, 4) is 5.75 Å². The molecule has 0 radical (unpaired) electrons. The molecule has 1 aromatic carbocycles. The lowest BCUT2D eigenvalue weighted by Crippen LogP contribution is -2.57. The molecule has 2 heterocycles. The Morgan fingerprint density at radius 2 is 1.89 bits per heavy atom. The van der Waals surface area contributed by atoms with Crippen LogP contribution in [0.5, 0.6) is 5.75 Å². The van der Waals surface area contributed by atoms with Gasteiger partial charge < -0.3 is 19.6 Å². The number of carbonyl (C=O) groups is 1. The minimum atomic E-state index is 0.0599. The van der Waals surface area contributed by atoms with Gasteiger partial charge in [-0.05, 0) is 44.4 Å². The van der Waals surface area contributed by atoms with Gasteiger partial charge in [-0.25, -0.2) is 0 Å². The third kappa shape index (κ3) is 5.67. The van der Waals surface area contributed by atoms with Crippen LogP contribution in [0.15, 0.2) is 30.3 Å². The van der Waals surface area contributed by atoms with Crippen LogP contribution in [0.4, 0.5) is 0 Å². The summed E-state index contributed by atoms with van der Waals surface area (Å²) in [6.07, 6.45) is 2.78. The number of likely N-dealkylation sites (N-methyl/N-ethyl adjacent to an activating group) is 1. The Morgan fingerprint density at radius 3 is 2.59 bits per heavy atom. The van der Waals surface area contributed by atoms with Gasteiger partial charge in [0.25, 0.3) is 5.91 Å². The number of aliphatic hydroxyl groups is 1. The lowest BCUT2D eigenvalue weighted by atomic mass is 9.86. The molecule has 27 heavy (non-hydrogen) atoms. The zero-order valence-electron chi connectivity index (χ0n) is 16.4.